The highest BCUT2D eigenvalue weighted by atomic mass is 16.3. The highest BCUT2D eigenvalue weighted by Crippen LogP contribution is 2.22. The smallest absolute Gasteiger partial charge is 0.258 e. The molecule has 0 radical (unpaired) electrons. The lowest BCUT2D eigenvalue weighted by atomic mass is 10.1. The predicted molar refractivity (Wildman–Crippen MR) is 81.0 cm³/mol. The van der Waals surface area contributed by atoms with Crippen molar-refractivity contribution in [2.45, 2.75) is 13.8 Å². The van der Waals surface area contributed by atoms with E-state index in [1.165, 1.54) is 0 Å². The molecule has 0 saturated carbocycles. The van der Waals surface area contributed by atoms with E-state index in [2.05, 4.69) is 0 Å². The molecule has 1 amide bonds. The standard InChI is InChI=1S/C16H18N2O2/c1-3-18(14-7-5-13(17)6-8-14)16(20)12-4-9-15(19)11(2)10-12/h4-10,19H,3,17H2,1-2H3. The van der Waals surface area contributed by atoms with E-state index in [4.69, 9.17) is 5.73 Å². The number of anilines is 2. The van der Waals surface area contributed by atoms with Crippen molar-refractivity contribution >= 4 is 17.3 Å². The van der Waals surface area contributed by atoms with E-state index in [1.807, 2.05) is 19.1 Å². The van der Waals surface area contributed by atoms with Gasteiger partial charge in [0.2, 0.25) is 0 Å². The van der Waals surface area contributed by atoms with Gasteiger partial charge in [-0.25, -0.2) is 0 Å². The number of carbonyl (C=O) groups excluding carboxylic acids is 1. The lowest BCUT2D eigenvalue weighted by molar-refractivity contribution is 0.0988. The second kappa shape index (κ2) is 5.65. The number of nitrogens with two attached hydrogens (primary N) is 1. The molecule has 2 rings (SSSR count). The van der Waals surface area contributed by atoms with E-state index in [0.29, 0.717) is 23.4 Å². The summed E-state index contributed by atoms with van der Waals surface area (Å²) < 4.78 is 0. The minimum absolute atomic E-state index is 0.0969. The normalized spacial score (nSPS) is 10.3. The van der Waals surface area contributed by atoms with Gasteiger partial charge in [0.15, 0.2) is 0 Å². The number of aromatic hydroxyl groups is 1. The summed E-state index contributed by atoms with van der Waals surface area (Å²) >= 11 is 0. The number of aryl methyl sites for hydroxylation is 1. The van der Waals surface area contributed by atoms with E-state index in [0.717, 1.165) is 5.69 Å². The maximum Gasteiger partial charge on any atom is 0.258 e. The average molecular weight is 270 g/mol. The third-order valence-corrected chi connectivity index (χ3v) is 3.21. The predicted octanol–water partition coefficient (Wildman–Crippen LogP) is 2.95. The lowest BCUT2D eigenvalue weighted by Gasteiger charge is -2.21. The van der Waals surface area contributed by atoms with Crippen molar-refractivity contribution in [3.8, 4) is 5.75 Å². The number of nitrogens with zero attached hydrogens (tertiary/aromatic N) is 1. The van der Waals surface area contributed by atoms with Crippen LogP contribution in [0.5, 0.6) is 5.75 Å². The van der Waals surface area contributed by atoms with Crippen LogP contribution in [0.3, 0.4) is 0 Å². The van der Waals surface area contributed by atoms with Crippen LogP contribution in [0.25, 0.3) is 0 Å². The summed E-state index contributed by atoms with van der Waals surface area (Å²) in [5.41, 5.74) is 8.37. The maximum atomic E-state index is 12.5. The Morgan fingerprint density at radius 2 is 1.85 bits per heavy atom. The van der Waals surface area contributed by atoms with E-state index in [-0.39, 0.29) is 11.7 Å². The zero-order valence-electron chi connectivity index (χ0n) is 11.6. The summed E-state index contributed by atoms with van der Waals surface area (Å²) in [5, 5.41) is 9.53. The number of carbonyl (C=O) groups is 1. The molecule has 2 aromatic carbocycles. The number of phenolic OH excluding ortho intramolecular Hbond substituents is 1. The Labute approximate surface area is 118 Å². The summed E-state index contributed by atoms with van der Waals surface area (Å²) in [4.78, 5) is 14.2. The lowest BCUT2D eigenvalue weighted by Crippen LogP contribution is -2.30. The van der Waals surface area contributed by atoms with Gasteiger partial charge in [-0.1, -0.05) is 0 Å². The first-order valence-corrected chi connectivity index (χ1v) is 6.50. The fraction of sp³-hybridized carbons (Fsp3) is 0.188. The Morgan fingerprint density at radius 3 is 2.40 bits per heavy atom. The molecule has 4 nitrogen and oxygen atoms in total. The minimum atomic E-state index is -0.0969. The van der Waals surface area contributed by atoms with Crippen LogP contribution in [0.1, 0.15) is 22.8 Å². The molecule has 4 heteroatoms. The van der Waals surface area contributed by atoms with Crippen molar-refractivity contribution in [2.24, 2.45) is 0 Å². The summed E-state index contributed by atoms with van der Waals surface area (Å²) in [6, 6.07) is 12.1. The Hall–Kier alpha value is -2.49. The first kappa shape index (κ1) is 13.9. The second-order valence-electron chi connectivity index (χ2n) is 4.64. The first-order chi connectivity index (χ1) is 9.52. The largest absolute Gasteiger partial charge is 0.508 e. The molecule has 0 saturated heterocycles. The number of phenols is 1. The third kappa shape index (κ3) is 2.74. The van der Waals surface area contributed by atoms with Gasteiger partial charge in [0, 0.05) is 23.5 Å². The van der Waals surface area contributed by atoms with Crippen molar-refractivity contribution in [2.75, 3.05) is 17.2 Å². The van der Waals surface area contributed by atoms with Gasteiger partial charge in [-0.05, 0) is 61.9 Å². The van der Waals surface area contributed by atoms with Crippen molar-refractivity contribution in [3.63, 3.8) is 0 Å². The molecule has 0 aromatic heterocycles. The number of hydrogen-bond donors (Lipinski definition) is 2. The van der Waals surface area contributed by atoms with Crippen LogP contribution >= 0.6 is 0 Å². The second-order valence-corrected chi connectivity index (χ2v) is 4.64. The molecular formula is C16H18N2O2. The van der Waals surface area contributed by atoms with Crippen LogP contribution in [-0.4, -0.2) is 17.6 Å². The molecule has 0 unspecified atom stereocenters. The molecule has 0 aliphatic rings. The van der Waals surface area contributed by atoms with Crippen LogP contribution in [0.2, 0.25) is 0 Å². The van der Waals surface area contributed by atoms with Crippen molar-refractivity contribution < 1.29 is 9.90 Å². The van der Waals surface area contributed by atoms with Crippen LogP contribution < -0.4 is 10.6 Å². The van der Waals surface area contributed by atoms with E-state index >= 15 is 0 Å². The highest BCUT2D eigenvalue weighted by molar-refractivity contribution is 6.06. The molecule has 0 aliphatic carbocycles. The molecule has 20 heavy (non-hydrogen) atoms. The minimum Gasteiger partial charge on any atom is -0.508 e. The summed E-state index contributed by atoms with van der Waals surface area (Å²) in [5.74, 6) is 0.0949. The summed E-state index contributed by atoms with van der Waals surface area (Å²) in [7, 11) is 0. The Balaban J connectivity index is 2.33. The molecule has 104 valence electrons. The van der Waals surface area contributed by atoms with Gasteiger partial charge < -0.3 is 15.7 Å². The van der Waals surface area contributed by atoms with E-state index in [9.17, 15) is 9.90 Å². The van der Waals surface area contributed by atoms with E-state index < -0.39 is 0 Å². The molecular weight excluding hydrogens is 252 g/mol. The fourth-order valence-corrected chi connectivity index (χ4v) is 2.04. The molecule has 3 N–H and O–H groups in total. The van der Waals surface area contributed by atoms with Gasteiger partial charge in [0.1, 0.15) is 5.75 Å². The van der Waals surface area contributed by atoms with Gasteiger partial charge in [-0.15, -0.1) is 0 Å². The Morgan fingerprint density at radius 1 is 1.20 bits per heavy atom. The van der Waals surface area contributed by atoms with Gasteiger partial charge in [0.05, 0.1) is 0 Å². The molecule has 0 spiro atoms. The molecule has 0 atom stereocenters. The maximum absolute atomic E-state index is 12.5. The molecule has 2 aromatic rings. The van der Waals surface area contributed by atoms with E-state index in [1.54, 1.807) is 42.2 Å². The zero-order valence-corrected chi connectivity index (χ0v) is 11.6. The topological polar surface area (TPSA) is 66.6 Å². The van der Waals surface area contributed by atoms with Crippen LogP contribution in [0.15, 0.2) is 42.5 Å². The molecule has 0 bridgehead atoms. The van der Waals surface area contributed by atoms with Gasteiger partial charge in [-0.3, -0.25) is 4.79 Å². The monoisotopic (exact) mass is 270 g/mol. The first-order valence-electron chi connectivity index (χ1n) is 6.50. The van der Waals surface area contributed by atoms with Crippen molar-refractivity contribution in [1.82, 2.24) is 0 Å². The number of rotatable bonds is 3. The Kier molecular flexibility index (Phi) is 3.94. The summed E-state index contributed by atoms with van der Waals surface area (Å²) in [6.45, 7) is 4.25. The SMILES string of the molecule is CCN(C(=O)c1ccc(O)c(C)c1)c1ccc(N)cc1. The molecule has 0 aliphatic heterocycles. The number of benzene rings is 2. The van der Waals surface area contributed by atoms with Gasteiger partial charge in [-0.2, -0.15) is 0 Å². The molecule has 0 heterocycles. The third-order valence-electron chi connectivity index (χ3n) is 3.21. The number of hydrogen-bond acceptors (Lipinski definition) is 3. The number of nitrogen functional groups attached to an aromatic ring is 1. The van der Waals surface area contributed by atoms with Gasteiger partial charge in [0.25, 0.3) is 5.91 Å². The molecule has 0 fully saturated rings. The van der Waals surface area contributed by atoms with Crippen LogP contribution in [-0.2, 0) is 0 Å². The number of amides is 1. The van der Waals surface area contributed by atoms with Crippen molar-refractivity contribution in [3.05, 3.63) is 53.6 Å². The average Bonchev–Trinajstić information content (AvgIpc) is 2.44. The van der Waals surface area contributed by atoms with Crippen LogP contribution in [0, 0.1) is 6.92 Å². The zero-order chi connectivity index (χ0) is 14.7. The summed E-state index contributed by atoms with van der Waals surface area (Å²) in [6.07, 6.45) is 0. The fourth-order valence-electron chi connectivity index (χ4n) is 2.04. The van der Waals surface area contributed by atoms with Gasteiger partial charge >= 0.3 is 0 Å². The van der Waals surface area contributed by atoms with Crippen molar-refractivity contribution in [1.29, 1.82) is 0 Å². The Bertz CT molecular complexity index is 621. The highest BCUT2D eigenvalue weighted by Gasteiger charge is 2.16. The van der Waals surface area contributed by atoms with Crippen LogP contribution in [0.4, 0.5) is 11.4 Å². The quantitative estimate of drug-likeness (QED) is 0.843.